The van der Waals surface area contributed by atoms with Gasteiger partial charge in [0.25, 0.3) is 0 Å². The fourth-order valence-electron chi connectivity index (χ4n) is 2.11. The van der Waals surface area contributed by atoms with E-state index in [-0.39, 0.29) is 36.2 Å². The highest BCUT2D eigenvalue weighted by molar-refractivity contribution is 7.89. The molecule has 0 unspecified atom stereocenters. The van der Waals surface area contributed by atoms with Crippen molar-refractivity contribution in [2.45, 2.75) is 11.4 Å². The molecule has 1 aromatic heterocycles. The molecule has 0 aliphatic rings. The maximum Gasteiger partial charge on any atom is 0.242 e. The molecule has 0 saturated heterocycles. The van der Waals surface area contributed by atoms with Crippen LogP contribution in [0.1, 0.15) is 0 Å². The number of nitrogens with zero attached hydrogens (tertiary/aromatic N) is 2. The van der Waals surface area contributed by atoms with Gasteiger partial charge >= 0.3 is 0 Å². The largest absolute Gasteiger partial charge is 0.347 e. The second-order valence-corrected chi connectivity index (χ2v) is 7.42. The minimum atomic E-state index is -3.43. The van der Waals surface area contributed by atoms with Crippen molar-refractivity contribution < 1.29 is 12.8 Å². The Morgan fingerprint density at radius 2 is 1.83 bits per heavy atom. The van der Waals surface area contributed by atoms with E-state index in [9.17, 15) is 12.8 Å². The van der Waals surface area contributed by atoms with Crippen molar-refractivity contribution in [1.29, 1.82) is 0 Å². The molecule has 0 bridgehead atoms. The van der Waals surface area contributed by atoms with Gasteiger partial charge in [-0.05, 0) is 35.4 Å². The molecule has 0 aliphatic carbocycles. The molecule has 8 heteroatoms. The summed E-state index contributed by atoms with van der Waals surface area (Å²) in [5.41, 5.74) is 7.03. The number of hydrogen-bond acceptors (Lipinski definition) is 3. The lowest BCUT2D eigenvalue weighted by Gasteiger charge is -2.11. The van der Waals surface area contributed by atoms with Gasteiger partial charge in [0.05, 0.1) is 11.4 Å². The Morgan fingerprint density at radius 3 is 2.38 bits per heavy atom. The quantitative estimate of drug-likeness (QED) is 0.846. The van der Waals surface area contributed by atoms with Crippen LogP contribution in [0.3, 0.4) is 0 Å². The van der Waals surface area contributed by atoms with Crippen LogP contribution in [0, 0.1) is 0 Å². The lowest BCUT2D eigenvalue weighted by atomic mass is 10.1. The molecule has 132 valence electrons. The number of halogens is 2. The van der Waals surface area contributed by atoms with Crippen molar-refractivity contribution in [3.8, 4) is 11.1 Å². The molecule has 5 nitrogen and oxygen atoms in total. The minimum Gasteiger partial charge on any atom is -0.347 e. The van der Waals surface area contributed by atoms with Crippen molar-refractivity contribution in [1.82, 2.24) is 8.87 Å². The lowest BCUT2D eigenvalue weighted by molar-refractivity contribution is 0.521. The average Bonchev–Trinajstić information content (AvgIpc) is 2.96. The standard InChI is InChI=1S/C16H20FN3O2S.ClH/c1-19(2)23(21,22)16-5-3-13(4-6-16)14-8-10-20(11-14)12-15(17)7-9-18;/h3-8,10-11H,9,12,18H2,1-2H3;1H/b15-7-;. The molecule has 0 saturated carbocycles. The van der Waals surface area contributed by atoms with Crippen LogP contribution < -0.4 is 5.73 Å². The van der Waals surface area contributed by atoms with Crippen LogP contribution in [0.15, 0.2) is 59.5 Å². The normalized spacial score (nSPS) is 12.3. The first kappa shape index (κ1) is 20.4. The summed E-state index contributed by atoms with van der Waals surface area (Å²) in [6.45, 7) is 0.298. The van der Waals surface area contributed by atoms with Gasteiger partial charge < -0.3 is 10.3 Å². The molecule has 0 aliphatic heterocycles. The molecular formula is C16H21ClFN3O2S. The second-order valence-electron chi connectivity index (χ2n) is 5.27. The maximum atomic E-state index is 13.4. The number of allylic oxidation sites excluding steroid dienone is 1. The van der Waals surface area contributed by atoms with Crippen LogP contribution in [0.2, 0.25) is 0 Å². The van der Waals surface area contributed by atoms with Crippen LogP contribution in [-0.2, 0) is 16.6 Å². The van der Waals surface area contributed by atoms with E-state index in [0.29, 0.717) is 0 Å². The maximum absolute atomic E-state index is 13.4. The van der Waals surface area contributed by atoms with Crippen LogP contribution in [0.4, 0.5) is 4.39 Å². The third-order valence-corrected chi connectivity index (χ3v) is 5.22. The number of rotatable bonds is 6. The third kappa shape index (κ3) is 4.67. The van der Waals surface area contributed by atoms with Gasteiger partial charge in [-0.3, -0.25) is 0 Å². The summed E-state index contributed by atoms with van der Waals surface area (Å²) in [6.07, 6.45) is 4.91. The van der Waals surface area contributed by atoms with E-state index in [2.05, 4.69) is 0 Å². The van der Waals surface area contributed by atoms with E-state index in [0.717, 1.165) is 11.1 Å². The van der Waals surface area contributed by atoms with E-state index in [4.69, 9.17) is 5.73 Å². The fourth-order valence-corrected chi connectivity index (χ4v) is 3.01. The first-order valence-electron chi connectivity index (χ1n) is 7.08. The zero-order valence-electron chi connectivity index (χ0n) is 13.5. The highest BCUT2D eigenvalue weighted by Gasteiger charge is 2.16. The van der Waals surface area contributed by atoms with E-state index < -0.39 is 10.0 Å². The predicted molar refractivity (Wildman–Crippen MR) is 96.2 cm³/mol. The van der Waals surface area contributed by atoms with Gasteiger partial charge in [0, 0.05) is 33.0 Å². The Kier molecular flexibility index (Phi) is 7.16. The van der Waals surface area contributed by atoms with Gasteiger partial charge in [-0.1, -0.05) is 12.1 Å². The van der Waals surface area contributed by atoms with Crippen molar-refractivity contribution >= 4 is 22.4 Å². The topological polar surface area (TPSA) is 68.3 Å². The number of hydrogen-bond donors (Lipinski definition) is 1. The third-order valence-electron chi connectivity index (χ3n) is 3.39. The first-order chi connectivity index (χ1) is 10.8. The number of sulfonamides is 1. The summed E-state index contributed by atoms with van der Waals surface area (Å²) in [5, 5.41) is 0. The van der Waals surface area contributed by atoms with Crippen LogP contribution in [0.25, 0.3) is 11.1 Å². The summed E-state index contributed by atoms with van der Waals surface area (Å²) in [7, 11) is -0.448. The van der Waals surface area contributed by atoms with Crippen molar-refractivity contribution in [2.75, 3.05) is 20.6 Å². The molecule has 0 spiro atoms. The smallest absolute Gasteiger partial charge is 0.242 e. The van der Waals surface area contributed by atoms with Gasteiger partial charge in [0.15, 0.2) is 0 Å². The lowest BCUT2D eigenvalue weighted by Crippen LogP contribution is -2.22. The number of nitrogens with two attached hydrogens (primary N) is 1. The molecule has 1 heterocycles. The Labute approximate surface area is 148 Å². The summed E-state index contributed by atoms with van der Waals surface area (Å²) in [5.74, 6) is -0.290. The summed E-state index contributed by atoms with van der Waals surface area (Å²) in [6, 6.07) is 8.46. The highest BCUT2D eigenvalue weighted by Crippen LogP contribution is 2.23. The molecule has 0 amide bonds. The predicted octanol–water partition coefficient (Wildman–Crippen LogP) is 2.64. The molecule has 0 fully saturated rings. The number of benzene rings is 1. The Balaban J connectivity index is 0.00000288. The second kappa shape index (κ2) is 8.43. The average molecular weight is 374 g/mol. The van der Waals surface area contributed by atoms with Crippen molar-refractivity contribution in [3.05, 3.63) is 54.6 Å². The summed E-state index contributed by atoms with van der Waals surface area (Å²) < 4.78 is 40.4. The van der Waals surface area contributed by atoms with Gasteiger partial charge in [0.1, 0.15) is 5.83 Å². The van der Waals surface area contributed by atoms with Gasteiger partial charge in [-0.25, -0.2) is 17.1 Å². The van der Waals surface area contributed by atoms with E-state index >= 15 is 0 Å². The number of aromatic nitrogens is 1. The fraction of sp³-hybridized carbons (Fsp3) is 0.250. The molecule has 2 N–H and O–H groups in total. The molecule has 24 heavy (non-hydrogen) atoms. The highest BCUT2D eigenvalue weighted by atomic mass is 35.5. The summed E-state index contributed by atoms with van der Waals surface area (Å²) in [4.78, 5) is 0.239. The van der Waals surface area contributed by atoms with Crippen LogP contribution >= 0.6 is 12.4 Å². The SMILES string of the molecule is CN(C)S(=O)(=O)c1ccc(-c2ccn(C/C(F)=C/CN)c2)cc1.Cl. The molecule has 0 atom stereocenters. The van der Waals surface area contributed by atoms with Gasteiger partial charge in [-0.2, -0.15) is 0 Å². The van der Waals surface area contributed by atoms with E-state index in [1.165, 1.54) is 24.5 Å². The zero-order valence-corrected chi connectivity index (χ0v) is 15.1. The van der Waals surface area contributed by atoms with Crippen molar-refractivity contribution in [3.63, 3.8) is 0 Å². The minimum absolute atomic E-state index is 0. The molecular weight excluding hydrogens is 353 g/mol. The van der Waals surface area contributed by atoms with Crippen LogP contribution in [-0.4, -0.2) is 37.9 Å². The molecule has 2 aromatic rings. The molecule has 0 radical (unpaired) electrons. The molecule has 1 aromatic carbocycles. The Morgan fingerprint density at radius 1 is 1.21 bits per heavy atom. The van der Waals surface area contributed by atoms with Crippen molar-refractivity contribution in [2.24, 2.45) is 5.73 Å². The van der Waals surface area contributed by atoms with Crippen LogP contribution in [0.5, 0.6) is 0 Å². The Bertz CT molecular complexity index is 799. The summed E-state index contributed by atoms with van der Waals surface area (Å²) >= 11 is 0. The van der Waals surface area contributed by atoms with E-state index in [1.54, 1.807) is 41.2 Å². The Hall–Kier alpha value is -1.67. The first-order valence-corrected chi connectivity index (χ1v) is 8.52. The molecule has 2 rings (SSSR count). The van der Waals surface area contributed by atoms with Gasteiger partial charge in [0.2, 0.25) is 10.0 Å². The van der Waals surface area contributed by atoms with Gasteiger partial charge in [-0.15, -0.1) is 12.4 Å². The zero-order chi connectivity index (χ0) is 17.0. The van der Waals surface area contributed by atoms with E-state index in [1.807, 2.05) is 6.07 Å². The monoisotopic (exact) mass is 373 g/mol.